The largest absolute Gasteiger partial charge is 0.469 e. The molecule has 0 N–H and O–H groups in total. The Hall–Kier alpha value is -0.812. The van der Waals surface area contributed by atoms with Crippen LogP contribution in [0.5, 0.6) is 0 Å². The van der Waals surface area contributed by atoms with E-state index in [1.807, 2.05) is 0 Å². The number of rotatable bonds is 4. The van der Waals surface area contributed by atoms with Crippen LogP contribution in [-0.2, 0) is 76.8 Å². The molecule has 3 rings (SSSR count). The number of nitrogens with zero attached hydrogens (tertiary/aromatic N) is 3. The number of imidazole rings is 1. The molecule has 2 radical (unpaired) electrons. The van der Waals surface area contributed by atoms with Crippen LogP contribution in [0.25, 0.3) is 5.65 Å². The topological polar surface area (TPSA) is 73.6 Å². The number of pyridine rings is 2. The Bertz CT molecular complexity index is 806. The number of hydrogen-bond donors (Lipinski definition) is 0. The van der Waals surface area contributed by atoms with Crippen LogP contribution >= 0.6 is 0 Å². The summed E-state index contributed by atoms with van der Waals surface area (Å²) in [4.78, 5) is 30.6. The van der Waals surface area contributed by atoms with Crippen molar-refractivity contribution in [3.05, 3.63) is 65.9 Å². The third kappa shape index (κ3) is 5.08. The molecule has 0 aliphatic rings. The van der Waals surface area contributed by atoms with Gasteiger partial charge in [-0.15, -0.1) is 0 Å². The first-order valence-electron chi connectivity index (χ1n) is 6.17. The molecular weight excluding hydrogens is 448 g/mol. The Kier molecular flexibility index (Phi) is 8.34. The molecule has 0 aromatic carbocycles. The summed E-state index contributed by atoms with van der Waals surface area (Å²) >= 11 is 0. The Labute approximate surface area is 182 Å². The number of esters is 1. The standard InChI is InChI=1S/C15H10N3O3.2Y/c19-9-11-3-4-14-17-13(8-18(14)7-11)10-21-15(20)12-2-1-5-16-6-12;;/h2-9H,10H2;;/q-1;;. The van der Waals surface area contributed by atoms with E-state index in [9.17, 15) is 9.59 Å². The van der Waals surface area contributed by atoms with E-state index in [2.05, 4.69) is 16.0 Å². The molecular formula is C15H10N3O3Y2-. The first kappa shape index (κ1) is 20.2. The number of carbonyl (C=O) groups is 2. The van der Waals surface area contributed by atoms with Gasteiger partial charge in [0, 0.05) is 83.4 Å². The van der Waals surface area contributed by atoms with E-state index in [4.69, 9.17) is 4.74 Å². The number of carbonyl (C=O) groups excluding carboxylic acids is 2. The molecule has 0 spiro atoms. The van der Waals surface area contributed by atoms with E-state index in [-0.39, 0.29) is 72.0 Å². The molecule has 110 valence electrons. The fraction of sp³-hybridized carbons (Fsp3) is 0.0667. The van der Waals surface area contributed by atoms with E-state index in [1.165, 1.54) is 18.5 Å². The number of aromatic nitrogens is 3. The first-order chi connectivity index (χ1) is 10.3. The van der Waals surface area contributed by atoms with Gasteiger partial charge in [0.05, 0.1) is 5.69 Å². The third-order valence-electron chi connectivity index (χ3n) is 2.85. The van der Waals surface area contributed by atoms with Crippen molar-refractivity contribution in [1.29, 1.82) is 0 Å². The number of ether oxygens (including phenoxy) is 1. The SMILES string of the molecule is O=Cc1ccc2nc(COC(=O)c3c[c-]cnc3)cn2c1.[Y].[Y]. The number of aldehydes is 1. The monoisotopic (exact) mass is 458 g/mol. The number of fused-ring (bicyclic) bond motifs is 1. The predicted molar refractivity (Wildman–Crippen MR) is 72.8 cm³/mol. The van der Waals surface area contributed by atoms with Crippen LogP contribution in [0.2, 0.25) is 0 Å². The van der Waals surface area contributed by atoms with Crippen molar-refractivity contribution in [2.24, 2.45) is 0 Å². The molecule has 0 aliphatic heterocycles. The van der Waals surface area contributed by atoms with E-state index < -0.39 is 5.97 Å². The molecule has 0 saturated heterocycles. The van der Waals surface area contributed by atoms with Gasteiger partial charge in [-0.3, -0.25) is 9.59 Å². The van der Waals surface area contributed by atoms with Gasteiger partial charge < -0.3 is 14.1 Å². The van der Waals surface area contributed by atoms with Gasteiger partial charge in [0.2, 0.25) is 0 Å². The second kappa shape index (κ2) is 9.48. The fourth-order valence-corrected chi connectivity index (χ4v) is 1.86. The molecule has 0 fully saturated rings. The van der Waals surface area contributed by atoms with Crippen molar-refractivity contribution in [1.82, 2.24) is 14.4 Å². The van der Waals surface area contributed by atoms with E-state index >= 15 is 0 Å². The van der Waals surface area contributed by atoms with Gasteiger partial charge in [-0.05, 0) is 18.3 Å². The maximum Gasteiger partial charge on any atom is 0.256 e. The zero-order valence-electron chi connectivity index (χ0n) is 12.0. The maximum atomic E-state index is 11.8. The van der Waals surface area contributed by atoms with Gasteiger partial charge in [0.15, 0.2) is 6.29 Å². The molecule has 0 saturated carbocycles. The van der Waals surface area contributed by atoms with E-state index in [1.54, 1.807) is 28.9 Å². The molecule has 23 heavy (non-hydrogen) atoms. The van der Waals surface area contributed by atoms with E-state index in [0.29, 0.717) is 22.5 Å². The molecule has 6 nitrogen and oxygen atoms in total. The van der Waals surface area contributed by atoms with Crippen LogP contribution in [-0.4, -0.2) is 26.6 Å². The van der Waals surface area contributed by atoms with Crippen LogP contribution in [0.1, 0.15) is 26.4 Å². The summed E-state index contributed by atoms with van der Waals surface area (Å²) in [6.07, 6.45) is 7.02. The summed E-state index contributed by atoms with van der Waals surface area (Å²) in [5, 5.41) is 0. The van der Waals surface area contributed by atoms with Crippen LogP contribution in [0.4, 0.5) is 0 Å². The summed E-state index contributed by atoms with van der Waals surface area (Å²) in [7, 11) is 0. The second-order valence-corrected chi connectivity index (χ2v) is 4.33. The average Bonchev–Trinajstić information content (AvgIpc) is 2.95. The summed E-state index contributed by atoms with van der Waals surface area (Å²) < 4.78 is 6.87. The summed E-state index contributed by atoms with van der Waals surface area (Å²) in [6.45, 7) is 0.0475. The average molecular weight is 458 g/mol. The minimum atomic E-state index is -0.481. The van der Waals surface area contributed by atoms with Crippen molar-refractivity contribution in [2.45, 2.75) is 6.61 Å². The number of hydrogen-bond acceptors (Lipinski definition) is 5. The van der Waals surface area contributed by atoms with Gasteiger partial charge >= 0.3 is 0 Å². The molecule has 0 amide bonds. The van der Waals surface area contributed by atoms with Crippen molar-refractivity contribution < 1.29 is 79.7 Å². The normalized spacial score (nSPS) is 9.57. The van der Waals surface area contributed by atoms with Gasteiger partial charge in [0.1, 0.15) is 12.3 Å². The second-order valence-electron chi connectivity index (χ2n) is 4.33. The zero-order valence-corrected chi connectivity index (χ0v) is 17.7. The minimum absolute atomic E-state index is 0. The summed E-state index contributed by atoms with van der Waals surface area (Å²) in [5.41, 5.74) is 2.17. The van der Waals surface area contributed by atoms with Crippen LogP contribution in [0.15, 0.2) is 43.0 Å². The Morgan fingerprint density at radius 1 is 1.30 bits per heavy atom. The van der Waals surface area contributed by atoms with Crippen molar-refractivity contribution in [2.75, 3.05) is 0 Å². The fourth-order valence-electron chi connectivity index (χ4n) is 1.86. The maximum absolute atomic E-state index is 11.8. The predicted octanol–water partition coefficient (Wildman–Crippen LogP) is 1.69. The summed E-state index contributed by atoms with van der Waals surface area (Å²) in [6, 6.07) is 7.62. The Morgan fingerprint density at radius 3 is 2.83 bits per heavy atom. The Balaban J connectivity index is 0.00000132. The molecule has 0 aliphatic carbocycles. The minimum Gasteiger partial charge on any atom is -0.469 e. The molecule has 3 aromatic heterocycles. The molecule has 0 bridgehead atoms. The van der Waals surface area contributed by atoms with Crippen LogP contribution < -0.4 is 0 Å². The van der Waals surface area contributed by atoms with Gasteiger partial charge in [-0.2, -0.15) is 0 Å². The van der Waals surface area contributed by atoms with Crippen molar-refractivity contribution in [3.63, 3.8) is 0 Å². The quantitative estimate of drug-likeness (QED) is 0.338. The van der Waals surface area contributed by atoms with Gasteiger partial charge in [0.25, 0.3) is 5.97 Å². The van der Waals surface area contributed by atoms with Crippen LogP contribution in [0, 0.1) is 6.07 Å². The van der Waals surface area contributed by atoms with Gasteiger partial charge in [-0.25, -0.2) is 17.1 Å². The molecule has 0 unspecified atom stereocenters. The zero-order chi connectivity index (χ0) is 14.7. The molecule has 3 aromatic rings. The van der Waals surface area contributed by atoms with Crippen molar-refractivity contribution in [3.8, 4) is 0 Å². The first-order valence-corrected chi connectivity index (χ1v) is 6.17. The van der Waals surface area contributed by atoms with E-state index in [0.717, 1.165) is 6.29 Å². The molecule has 3 heterocycles. The van der Waals surface area contributed by atoms with Gasteiger partial charge in [-0.1, -0.05) is 11.8 Å². The van der Waals surface area contributed by atoms with Crippen LogP contribution in [0.3, 0.4) is 0 Å². The molecule has 8 heteroatoms. The molecule has 0 atom stereocenters. The van der Waals surface area contributed by atoms with Crippen molar-refractivity contribution >= 4 is 17.9 Å². The Morgan fingerprint density at radius 2 is 2.13 bits per heavy atom. The third-order valence-corrected chi connectivity index (χ3v) is 2.85. The smallest absolute Gasteiger partial charge is 0.256 e. The summed E-state index contributed by atoms with van der Waals surface area (Å²) in [5.74, 6) is -0.481.